The van der Waals surface area contributed by atoms with E-state index in [-0.39, 0.29) is 17.9 Å². The minimum atomic E-state index is -1.09. The summed E-state index contributed by atoms with van der Waals surface area (Å²) in [6.45, 7) is 2.00. The first-order chi connectivity index (χ1) is 11.6. The van der Waals surface area contributed by atoms with E-state index in [1.165, 1.54) is 6.07 Å². The van der Waals surface area contributed by atoms with Gasteiger partial charge < -0.3 is 14.7 Å². The van der Waals surface area contributed by atoms with Gasteiger partial charge in [0.05, 0.1) is 11.3 Å². The van der Waals surface area contributed by atoms with Crippen LogP contribution < -0.4 is 10.2 Å². The smallest absolute Gasteiger partial charge is 0.411 e. The van der Waals surface area contributed by atoms with Crippen LogP contribution in [-0.4, -0.2) is 30.3 Å². The lowest BCUT2D eigenvalue weighted by atomic mass is 10.1. The van der Waals surface area contributed by atoms with Gasteiger partial charge in [-0.2, -0.15) is 0 Å². The Morgan fingerprint density at radius 3 is 2.50 bits per heavy atom. The van der Waals surface area contributed by atoms with Crippen molar-refractivity contribution in [2.75, 3.05) is 23.3 Å². The van der Waals surface area contributed by atoms with Crippen LogP contribution in [0.25, 0.3) is 0 Å². The van der Waals surface area contributed by atoms with Crippen LogP contribution in [0.4, 0.5) is 16.2 Å². The molecule has 2 aromatic carbocycles. The van der Waals surface area contributed by atoms with E-state index in [1.807, 2.05) is 30.3 Å². The summed E-state index contributed by atoms with van der Waals surface area (Å²) in [5.74, 6) is -1.09. The van der Waals surface area contributed by atoms with E-state index in [4.69, 9.17) is 4.74 Å². The zero-order valence-electron chi connectivity index (χ0n) is 13.1. The summed E-state index contributed by atoms with van der Waals surface area (Å²) in [4.78, 5) is 25.4. The number of ether oxygens (including phenoxy) is 1. The van der Waals surface area contributed by atoms with E-state index in [1.54, 1.807) is 12.1 Å². The zero-order chi connectivity index (χ0) is 16.9. The fourth-order valence-electron chi connectivity index (χ4n) is 2.46. The second-order valence-electron chi connectivity index (χ2n) is 5.56. The van der Waals surface area contributed by atoms with Crippen LogP contribution in [-0.2, 0) is 11.3 Å². The molecule has 1 amide bonds. The first kappa shape index (κ1) is 15.9. The van der Waals surface area contributed by atoms with Crippen molar-refractivity contribution in [1.82, 2.24) is 0 Å². The average molecular weight is 326 g/mol. The van der Waals surface area contributed by atoms with Crippen LogP contribution in [0.3, 0.4) is 0 Å². The van der Waals surface area contributed by atoms with E-state index >= 15 is 0 Å². The van der Waals surface area contributed by atoms with E-state index in [2.05, 4.69) is 10.2 Å². The lowest BCUT2D eigenvalue weighted by Crippen LogP contribution is -2.37. The highest BCUT2D eigenvalue weighted by Crippen LogP contribution is 2.27. The molecule has 0 atom stereocenters. The molecular weight excluding hydrogens is 308 g/mol. The Morgan fingerprint density at radius 1 is 1.12 bits per heavy atom. The maximum Gasteiger partial charge on any atom is 0.411 e. The van der Waals surface area contributed by atoms with Crippen LogP contribution in [0.2, 0.25) is 0 Å². The Hall–Kier alpha value is -3.02. The summed E-state index contributed by atoms with van der Waals surface area (Å²) >= 11 is 0. The van der Waals surface area contributed by atoms with Gasteiger partial charge in [-0.3, -0.25) is 5.32 Å². The molecule has 6 nitrogen and oxygen atoms in total. The summed E-state index contributed by atoms with van der Waals surface area (Å²) in [6, 6.07) is 14.2. The normalized spacial score (nSPS) is 13.1. The molecule has 0 bridgehead atoms. The van der Waals surface area contributed by atoms with E-state index in [0.717, 1.165) is 30.8 Å². The molecule has 2 N–H and O–H groups in total. The van der Waals surface area contributed by atoms with E-state index in [9.17, 15) is 14.7 Å². The largest absolute Gasteiger partial charge is 0.478 e. The number of nitrogens with one attached hydrogen (secondary N) is 1. The maximum atomic E-state index is 12.0. The molecule has 0 radical (unpaired) electrons. The van der Waals surface area contributed by atoms with E-state index in [0.29, 0.717) is 0 Å². The molecule has 6 heteroatoms. The monoisotopic (exact) mass is 326 g/mol. The van der Waals surface area contributed by atoms with Gasteiger partial charge in [-0.1, -0.05) is 30.3 Å². The molecule has 24 heavy (non-hydrogen) atoms. The average Bonchev–Trinajstić information content (AvgIpc) is 2.52. The molecule has 0 saturated carbocycles. The van der Waals surface area contributed by atoms with Gasteiger partial charge in [0, 0.05) is 18.8 Å². The predicted molar refractivity (Wildman–Crippen MR) is 90.5 cm³/mol. The Kier molecular flexibility index (Phi) is 4.65. The van der Waals surface area contributed by atoms with Crippen molar-refractivity contribution in [2.45, 2.75) is 13.0 Å². The van der Waals surface area contributed by atoms with Gasteiger partial charge >= 0.3 is 12.1 Å². The van der Waals surface area contributed by atoms with Gasteiger partial charge in [-0.05, 0) is 30.2 Å². The molecule has 124 valence electrons. The summed E-state index contributed by atoms with van der Waals surface area (Å²) < 4.78 is 5.15. The van der Waals surface area contributed by atoms with E-state index < -0.39 is 12.1 Å². The minimum absolute atomic E-state index is 0.0379. The van der Waals surface area contributed by atoms with Crippen molar-refractivity contribution in [2.24, 2.45) is 0 Å². The van der Waals surface area contributed by atoms with Gasteiger partial charge in [0.1, 0.15) is 6.61 Å². The van der Waals surface area contributed by atoms with Gasteiger partial charge in [-0.15, -0.1) is 0 Å². The van der Waals surface area contributed by atoms with Crippen molar-refractivity contribution < 1.29 is 19.4 Å². The van der Waals surface area contributed by atoms with Crippen molar-refractivity contribution >= 4 is 23.4 Å². The molecule has 1 aliphatic heterocycles. The van der Waals surface area contributed by atoms with Crippen LogP contribution in [0, 0.1) is 0 Å². The SMILES string of the molecule is O=C(Nc1cc(N2CCC2)ccc1C(=O)O)OCc1ccccc1. The number of carbonyl (C=O) groups is 2. The number of anilines is 2. The lowest BCUT2D eigenvalue weighted by Gasteiger charge is -2.33. The minimum Gasteiger partial charge on any atom is -0.478 e. The van der Waals surface area contributed by atoms with Crippen LogP contribution in [0.5, 0.6) is 0 Å². The molecule has 2 aromatic rings. The topological polar surface area (TPSA) is 78.9 Å². The summed E-state index contributed by atoms with van der Waals surface area (Å²) in [6.07, 6.45) is 0.435. The Balaban J connectivity index is 1.69. The molecule has 0 unspecified atom stereocenters. The first-order valence-corrected chi connectivity index (χ1v) is 7.73. The number of aromatic carboxylic acids is 1. The highest BCUT2D eigenvalue weighted by Gasteiger charge is 2.19. The maximum absolute atomic E-state index is 12.0. The summed E-state index contributed by atoms with van der Waals surface area (Å²) in [5.41, 5.74) is 2.03. The number of carboxylic acid groups (broad SMARTS) is 1. The van der Waals surface area contributed by atoms with Crippen molar-refractivity contribution in [3.63, 3.8) is 0 Å². The molecular formula is C18H18N2O4. The molecule has 0 spiro atoms. The van der Waals surface area contributed by atoms with Crippen LogP contribution in [0.1, 0.15) is 22.3 Å². The number of hydrogen-bond donors (Lipinski definition) is 2. The van der Waals surface area contributed by atoms with Crippen molar-refractivity contribution in [3.8, 4) is 0 Å². The number of nitrogens with zero attached hydrogens (tertiary/aromatic N) is 1. The molecule has 0 aliphatic carbocycles. The number of hydrogen-bond acceptors (Lipinski definition) is 4. The molecule has 1 saturated heterocycles. The lowest BCUT2D eigenvalue weighted by molar-refractivity contribution is 0.0698. The quantitative estimate of drug-likeness (QED) is 0.881. The molecule has 1 heterocycles. The van der Waals surface area contributed by atoms with Gasteiger partial charge in [-0.25, -0.2) is 9.59 Å². The zero-order valence-corrected chi connectivity index (χ0v) is 13.1. The molecule has 1 aliphatic rings. The number of amides is 1. The predicted octanol–water partition coefficient (Wildman–Crippen LogP) is 3.34. The highest BCUT2D eigenvalue weighted by atomic mass is 16.5. The number of rotatable bonds is 5. The van der Waals surface area contributed by atoms with Crippen molar-refractivity contribution in [1.29, 1.82) is 0 Å². The Morgan fingerprint density at radius 2 is 1.88 bits per heavy atom. The number of carboxylic acids is 1. The van der Waals surface area contributed by atoms with Crippen LogP contribution >= 0.6 is 0 Å². The number of carbonyl (C=O) groups excluding carboxylic acids is 1. The third-order valence-corrected chi connectivity index (χ3v) is 3.90. The fourth-order valence-corrected chi connectivity index (χ4v) is 2.46. The standard InChI is InChI=1S/C18H18N2O4/c21-17(22)15-8-7-14(20-9-4-10-20)11-16(15)19-18(23)24-12-13-5-2-1-3-6-13/h1-3,5-8,11H,4,9-10,12H2,(H,19,23)(H,21,22). The number of benzene rings is 2. The van der Waals surface area contributed by atoms with Gasteiger partial charge in [0.25, 0.3) is 0 Å². The first-order valence-electron chi connectivity index (χ1n) is 7.73. The summed E-state index contributed by atoms with van der Waals surface area (Å²) in [7, 11) is 0. The van der Waals surface area contributed by atoms with Crippen molar-refractivity contribution in [3.05, 3.63) is 59.7 Å². The van der Waals surface area contributed by atoms with Crippen LogP contribution in [0.15, 0.2) is 48.5 Å². The van der Waals surface area contributed by atoms with Gasteiger partial charge in [0.2, 0.25) is 0 Å². The third-order valence-electron chi connectivity index (χ3n) is 3.90. The molecule has 3 rings (SSSR count). The Labute approximate surface area is 139 Å². The second kappa shape index (κ2) is 7.04. The summed E-state index contributed by atoms with van der Waals surface area (Å²) in [5, 5.41) is 11.8. The molecule has 0 aromatic heterocycles. The second-order valence-corrected chi connectivity index (χ2v) is 5.56. The Bertz CT molecular complexity index is 742. The fraction of sp³-hybridized carbons (Fsp3) is 0.222. The highest BCUT2D eigenvalue weighted by molar-refractivity contribution is 5.99. The molecule has 1 fully saturated rings. The third kappa shape index (κ3) is 3.65. The van der Waals surface area contributed by atoms with Gasteiger partial charge in [0.15, 0.2) is 0 Å².